The molecule has 0 unspecified atom stereocenters. The highest BCUT2D eigenvalue weighted by Gasteiger charge is 2.30. The van der Waals surface area contributed by atoms with Crippen molar-refractivity contribution in [3.8, 4) is 5.75 Å². The molecule has 0 aliphatic heterocycles. The summed E-state index contributed by atoms with van der Waals surface area (Å²) in [4.78, 5) is 13.3. The van der Waals surface area contributed by atoms with Gasteiger partial charge in [0.15, 0.2) is 0 Å². The predicted octanol–water partition coefficient (Wildman–Crippen LogP) is 5.76. The zero-order valence-electron chi connectivity index (χ0n) is 21.9. The molecule has 3 rings (SSSR count). The number of aryl methyl sites for hydroxylation is 1. The first-order valence-electron chi connectivity index (χ1n) is 12.1. The van der Waals surface area contributed by atoms with E-state index in [-0.39, 0.29) is 22.9 Å². The number of hydrogen-bond donors (Lipinski definition) is 1. The van der Waals surface area contributed by atoms with Crippen molar-refractivity contribution in [1.29, 1.82) is 0 Å². The number of anilines is 1. The lowest BCUT2D eigenvalue weighted by Crippen LogP contribution is -2.41. The van der Waals surface area contributed by atoms with E-state index in [9.17, 15) is 13.2 Å². The zero-order valence-corrected chi connectivity index (χ0v) is 22.7. The van der Waals surface area contributed by atoms with Crippen molar-refractivity contribution in [2.24, 2.45) is 0 Å². The van der Waals surface area contributed by atoms with Gasteiger partial charge in [0, 0.05) is 0 Å². The molecule has 1 atom stereocenters. The average molecular weight is 509 g/mol. The maximum absolute atomic E-state index is 13.7. The topological polar surface area (TPSA) is 75.7 Å². The molecular weight excluding hydrogens is 472 g/mol. The Labute approximate surface area is 215 Å². The van der Waals surface area contributed by atoms with E-state index in [0.29, 0.717) is 18.0 Å². The lowest BCUT2D eigenvalue weighted by molar-refractivity contribution is -0.120. The fourth-order valence-electron chi connectivity index (χ4n) is 3.85. The summed E-state index contributed by atoms with van der Waals surface area (Å²) in [6.07, 6.45) is 0. The molecule has 0 spiro atoms. The minimum Gasteiger partial charge on any atom is -0.492 e. The largest absolute Gasteiger partial charge is 0.492 e. The van der Waals surface area contributed by atoms with Crippen LogP contribution in [0.25, 0.3) is 0 Å². The normalized spacial score (nSPS) is 12.6. The zero-order chi connectivity index (χ0) is 26.5. The summed E-state index contributed by atoms with van der Waals surface area (Å²) < 4.78 is 34.2. The third-order valence-electron chi connectivity index (χ3n) is 5.98. The van der Waals surface area contributed by atoms with Gasteiger partial charge in [-0.25, -0.2) is 8.42 Å². The van der Waals surface area contributed by atoms with E-state index < -0.39 is 15.9 Å². The van der Waals surface area contributed by atoms with Gasteiger partial charge < -0.3 is 10.1 Å². The van der Waals surface area contributed by atoms with Crippen LogP contribution in [0.2, 0.25) is 0 Å². The second-order valence-electron chi connectivity index (χ2n) is 9.89. The summed E-state index contributed by atoms with van der Waals surface area (Å²) in [5.74, 6) is -0.0151. The minimum absolute atomic E-state index is 0.0316. The van der Waals surface area contributed by atoms with Gasteiger partial charge in [-0.15, -0.1) is 0 Å². The van der Waals surface area contributed by atoms with Crippen molar-refractivity contribution in [2.45, 2.75) is 57.9 Å². The third kappa shape index (κ3) is 6.46. The molecule has 3 aromatic rings. The van der Waals surface area contributed by atoms with Crippen molar-refractivity contribution in [2.75, 3.05) is 17.5 Å². The molecule has 0 saturated heterocycles. The minimum atomic E-state index is -4.04. The number of nitrogens with zero attached hydrogens (tertiary/aromatic N) is 1. The Kier molecular flexibility index (Phi) is 8.46. The Morgan fingerprint density at radius 3 is 2.17 bits per heavy atom. The van der Waals surface area contributed by atoms with E-state index in [1.807, 2.05) is 32.9 Å². The van der Waals surface area contributed by atoms with E-state index in [0.717, 1.165) is 15.4 Å². The first-order valence-corrected chi connectivity index (χ1v) is 13.6. The molecule has 6 nitrogen and oxygen atoms in total. The number of carbonyl (C=O) groups is 1. The second kappa shape index (κ2) is 11.2. The summed E-state index contributed by atoms with van der Waals surface area (Å²) in [5, 5.41) is 2.95. The van der Waals surface area contributed by atoms with E-state index >= 15 is 0 Å². The number of sulfonamides is 1. The Morgan fingerprint density at radius 1 is 0.972 bits per heavy atom. The van der Waals surface area contributed by atoms with Gasteiger partial charge in [-0.3, -0.25) is 9.10 Å². The highest BCUT2D eigenvalue weighted by atomic mass is 32.2. The molecule has 1 amide bonds. The van der Waals surface area contributed by atoms with Crippen LogP contribution in [0.5, 0.6) is 5.75 Å². The van der Waals surface area contributed by atoms with Crippen molar-refractivity contribution >= 4 is 21.6 Å². The fraction of sp³-hybridized carbons (Fsp3) is 0.345. The molecule has 0 bridgehead atoms. The molecule has 0 radical (unpaired) electrons. The van der Waals surface area contributed by atoms with Crippen LogP contribution in [0.4, 0.5) is 5.69 Å². The predicted molar refractivity (Wildman–Crippen MR) is 145 cm³/mol. The molecule has 7 heteroatoms. The van der Waals surface area contributed by atoms with Crippen LogP contribution in [0.1, 0.15) is 57.4 Å². The maximum Gasteiger partial charge on any atom is 0.264 e. The molecular formula is C29H36N2O4S. The van der Waals surface area contributed by atoms with Crippen LogP contribution in [0.3, 0.4) is 0 Å². The Morgan fingerprint density at radius 2 is 1.58 bits per heavy atom. The number of rotatable bonds is 9. The summed E-state index contributed by atoms with van der Waals surface area (Å²) >= 11 is 0. The van der Waals surface area contributed by atoms with Crippen LogP contribution in [-0.4, -0.2) is 27.5 Å². The lowest BCUT2D eigenvalue weighted by atomic mass is 9.86. The van der Waals surface area contributed by atoms with Crippen molar-refractivity contribution < 1.29 is 17.9 Å². The fourth-order valence-corrected chi connectivity index (χ4v) is 5.28. The molecule has 0 aromatic heterocycles. The standard InChI is InChI=1S/C29H36N2O4S/c1-7-35-27-11-9-8-10-26(27)31(36(33,34)25-18-12-21(2)13-19-25)20-28(32)30-22(3)23-14-16-24(17-15-23)29(4,5)6/h8-19,22H,7,20H2,1-6H3,(H,30,32)/t22-/m0/s1. The van der Waals surface area contributed by atoms with E-state index in [2.05, 4.69) is 38.2 Å². The number of carbonyl (C=O) groups excluding carboxylic acids is 1. The van der Waals surface area contributed by atoms with Crippen LogP contribution in [0.15, 0.2) is 77.7 Å². The Balaban J connectivity index is 1.90. The first-order chi connectivity index (χ1) is 16.9. The Bertz CT molecular complexity index is 1280. The van der Waals surface area contributed by atoms with Gasteiger partial charge in [0.1, 0.15) is 12.3 Å². The summed E-state index contributed by atoms with van der Waals surface area (Å²) in [5.41, 5.74) is 3.44. The molecule has 0 heterocycles. The summed E-state index contributed by atoms with van der Waals surface area (Å²) in [6.45, 7) is 12.0. The number of benzene rings is 3. The molecule has 0 fully saturated rings. The van der Waals surface area contributed by atoms with Gasteiger partial charge in [-0.05, 0) is 61.6 Å². The van der Waals surface area contributed by atoms with Crippen LogP contribution in [0, 0.1) is 6.92 Å². The monoisotopic (exact) mass is 508 g/mol. The summed E-state index contributed by atoms with van der Waals surface area (Å²) in [7, 11) is -4.04. The number of para-hydroxylation sites is 2. The van der Waals surface area contributed by atoms with Crippen molar-refractivity contribution in [3.05, 3.63) is 89.5 Å². The number of ether oxygens (including phenoxy) is 1. The molecule has 3 aromatic carbocycles. The van der Waals surface area contributed by atoms with Gasteiger partial charge in [0.25, 0.3) is 10.0 Å². The molecule has 1 N–H and O–H groups in total. The van der Waals surface area contributed by atoms with Crippen LogP contribution < -0.4 is 14.4 Å². The number of nitrogens with one attached hydrogen (secondary N) is 1. The average Bonchev–Trinajstić information content (AvgIpc) is 2.83. The van der Waals surface area contributed by atoms with Crippen molar-refractivity contribution in [3.63, 3.8) is 0 Å². The molecule has 0 aliphatic rings. The van der Waals surface area contributed by atoms with E-state index in [4.69, 9.17) is 4.74 Å². The van der Waals surface area contributed by atoms with Gasteiger partial charge in [-0.2, -0.15) is 0 Å². The number of hydrogen-bond acceptors (Lipinski definition) is 4. The van der Waals surface area contributed by atoms with Crippen molar-refractivity contribution in [1.82, 2.24) is 5.32 Å². The van der Waals surface area contributed by atoms with Gasteiger partial charge in [-0.1, -0.05) is 74.9 Å². The van der Waals surface area contributed by atoms with Crippen LogP contribution >= 0.6 is 0 Å². The highest BCUT2D eigenvalue weighted by Crippen LogP contribution is 2.32. The number of amides is 1. The van der Waals surface area contributed by atoms with Gasteiger partial charge >= 0.3 is 0 Å². The second-order valence-corrected chi connectivity index (χ2v) is 11.7. The van der Waals surface area contributed by atoms with E-state index in [1.54, 1.807) is 48.5 Å². The molecule has 0 aliphatic carbocycles. The van der Waals surface area contributed by atoms with E-state index in [1.165, 1.54) is 5.56 Å². The summed E-state index contributed by atoms with van der Waals surface area (Å²) in [6, 6.07) is 21.3. The third-order valence-corrected chi connectivity index (χ3v) is 7.76. The smallest absolute Gasteiger partial charge is 0.264 e. The molecule has 192 valence electrons. The molecule has 36 heavy (non-hydrogen) atoms. The Hall–Kier alpha value is -3.32. The maximum atomic E-state index is 13.7. The van der Waals surface area contributed by atoms with Gasteiger partial charge in [0.05, 0.1) is 23.2 Å². The van der Waals surface area contributed by atoms with Crippen LogP contribution in [-0.2, 0) is 20.2 Å². The lowest BCUT2D eigenvalue weighted by Gasteiger charge is -2.27. The SMILES string of the molecule is CCOc1ccccc1N(CC(=O)N[C@@H](C)c1ccc(C(C)(C)C)cc1)S(=O)(=O)c1ccc(C)cc1. The molecule has 0 saturated carbocycles. The first kappa shape index (κ1) is 27.3. The van der Waals surface area contributed by atoms with Gasteiger partial charge in [0.2, 0.25) is 5.91 Å². The highest BCUT2D eigenvalue weighted by molar-refractivity contribution is 7.92. The quantitative estimate of drug-likeness (QED) is 0.398.